The van der Waals surface area contributed by atoms with Crippen LogP contribution in [0.5, 0.6) is 5.88 Å². The monoisotopic (exact) mass is 418 g/mol. The Morgan fingerprint density at radius 2 is 2.14 bits per heavy atom. The van der Waals surface area contributed by atoms with E-state index in [0.717, 1.165) is 16.7 Å². The molecule has 4 heterocycles. The first-order valence-electron chi connectivity index (χ1n) is 9.29. The molecule has 1 aromatic rings. The van der Waals surface area contributed by atoms with Gasteiger partial charge in [0, 0.05) is 29.3 Å². The second kappa shape index (κ2) is 7.53. The minimum Gasteiger partial charge on any atom is -0.471 e. The van der Waals surface area contributed by atoms with E-state index in [9.17, 15) is 13.6 Å². The molecule has 3 aliphatic rings. The Balaban J connectivity index is 1.85. The van der Waals surface area contributed by atoms with Crippen molar-refractivity contribution in [2.75, 3.05) is 23.7 Å². The molecule has 0 aromatic carbocycles. The van der Waals surface area contributed by atoms with E-state index < -0.39 is 10.0 Å². The molecule has 0 saturated carbocycles. The van der Waals surface area contributed by atoms with Crippen molar-refractivity contribution >= 4 is 15.7 Å². The number of hydrogen-bond donors (Lipinski definition) is 2. The number of rotatable bonds is 6. The largest absolute Gasteiger partial charge is 0.471 e. The van der Waals surface area contributed by atoms with Gasteiger partial charge in [-0.3, -0.25) is 4.72 Å². The van der Waals surface area contributed by atoms with Crippen LogP contribution in [0.2, 0.25) is 0 Å². The van der Waals surface area contributed by atoms with Crippen molar-refractivity contribution in [2.45, 2.75) is 26.4 Å². The quantitative estimate of drug-likeness (QED) is 0.591. The molecule has 1 unspecified atom stereocenters. The Bertz CT molecular complexity index is 1110. The lowest BCUT2D eigenvalue weighted by Crippen LogP contribution is -2.18. The Morgan fingerprint density at radius 3 is 2.86 bits per heavy atom. The first-order chi connectivity index (χ1) is 13.9. The summed E-state index contributed by atoms with van der Waals surface area (Å²) in [4.78, 5) is 8.60. The highest BCUT2D eigenvalue weighted by molar-refractivity contribution is 7.92. The molecule has 1 saturated heterocycles. The van der Waals surface area contributed by atoms with E-state index in [2.05, 4.69) is 14.7 Å². The van der Waals surface area contributed by atoms with Crippen LogP contribution in [0, 0.1) is 6.92 Å². The van der Waals surface area contributed by atoms with Crippen molar-refractivity contribution in [3.8, 4) is 28.4 Å². The summed E-state index contributed by atoms with van der Waals surface area (Å²) in [6, 6.07) is 5.26. The van der Waals surface area contributed by atoms with Crippen LogP contribution in [-0.4, -0.2) is 53.4 Å². The fourth-order valence-electron chi connectivity index (χ4n) is 3.25. The van der Waals surface area contributed by atoms with Gasteiger partial charge in [0.05, 0.1) is 36.5 Å². The first kappa shape index (κ1) is 19.5. The van der Waals surface area contributed by atoms with E-state index in [0.29, 0.717) is 47.4 Å². The van der Waals surface area contributed by atoms with Crippen molar-refractivity contribution in [1.29, 1.82) is 0 Å². The average molecular weight is 418 g/mol. The van der Waals surface area contributed by atoms with Gasteiger partial charge in [-0.1, -0.05) is 0 Å². The summed E-state index contributed by atoms with van der Waals surface area (Å²) in [5.41, 5.74) is 2.95. The van der Waals surface area contributed by atoms with Crippen LogP contribution < -0.4 is 9.46 Å². The molecular formula is C19H22N4O5S. The second-order valence-corrected chi connectivity index (χ2v) is 8.89. The van der Waals surface area contributed by atoms with Crippen molar-refractivity contribution < 1.29 is 23.1 Å². The number of nitrogens with zero attached hydrogens (tertiary/aromatic N) is 3. The zero-order chi connectivity index (χ0) is 20.6. The lowest BCUT2D eigenvalue weighted by atomic mass is 10.00. The van der Waals surface area contributed by atoms with Gasteiger partial charge in [-0.15, -0.1) is 0 Å². The summed E-state index contributed by atoms with van der Waals surface area (Å²) in [6.45, 7) is 4.41. The van der Waals surface area contributed by atoms with Gasteiger partial charge in [0.25, 0.3) is 0 Å². The highest BCUT2D eigenvalue weighted by Crippen LogP contribution is 2.39. The van der Waals surface area contributed by atoms with E-state index in [-0.39, 0.29) is 11.9 Å². The van der Waals surface area contributed by atoms with Crippen molar-refractivity contribution in [1.82, 2.24) is 14.7 Å². The molecule has 1 fully saturated rings. The summed E-state index contributed by atoms with van der Waals surface area (Å²) in [5, 5.41) is 10.3. The van der Waals surface area contributed by atoms with E-state index in [4.69, 9.17) is 9.47 Å². The zero-order valence-electron chi connectivity index (χ0n) is 16.1. The fraction of sp³-hybridized carbons (Fsp3) is 0.368. The molecule has 0 bridgehead atoms. The number of anilines is 1. The topological polar surface area (TPSA) is 116 Å². The van der Waals surface area contributed by atoms with Gasteiger partial charge in [-0.25, -0.2) is 18.4 Å². The van der Waals surface area contributed by atoms with Crippen LogP contribution in [0.1, 0.15) is 19.0 Å². The Kier molecular flexibility index (Phi) is 5.05. The molecule has 1 atom stereocenters. The van der Waals surface area contributed by atoms with Crippen LogP contribution in [0.3, 0.4) is 0 Å². The molecule has 10 heteroatoms. The second-order valence-electron chi connectivity index (χ2n) is 6.88. The molecule has 0 radical (unpaired) electrons. The normalized spacial score (nSPS) is 17.0. The third-order valence-corrected chi connectivity index (χ3v) is 6.12. The molecule has 154 valence electrons. The van der Waals surface area contributed by atoms with Gasteiger partial charge in [0.15, 0.2) is 5.82 Å². The molecule has 0 aliphatic carbocycles. The molecular weight excluding hydrogens is 396 g/mol. The molecule has 0 spiro atoms. The number of aromatic nitrogens is 3. The molecule has 4 rings (SSSR count). The highest BCUT2D eigenvalue weighted by atomic mass is 32.2. The fourth-order valence-corrected chi connectivity index (χ4v) is 3.87. The maximum absolute atomic E-state index is 12.0. The lowest BCUT2D eigenvalue weighted by Gasteiger charge is -2.19. The SMILES string of the molecule is CCS(=O)(=O)Nc1cnc(OC2CCOC2)c(-c2cc(C)n(O)c3nccc2-3)c1. The third-order valence-electron chi connectivity index (χ3n) is 4.82. The Morgan fingerprint density at radius 1 is 1.31 bits per heavy atom. The Labute approximate surface area is 168 Å². The lowest BCUT2D eigenvalue weighted by molar-refractivity contribution is 0.138. The summed E-state index contributed by atoms with van der Waals surface area (Å²) >= 11 is 0. The Hall–Kier alpha value is -2.85. The number of ether oxygens (including phenoxy) is 2. The predicted octanol–water partition coefficient (Wildman–Crippen LogP) is 2.52. The van der Waals surface area contributed by atoms with Gasteiger partial charge in [0.1, 0.15) is 6.10 Å². The summed E-state index contributed by atoms with van der Waals surface area (Å²) in [6.07, 6.45) is 3.66. The van der Waals surface area contributed by atoms with E-state index in [1.54, 1.807) is 38.2 Å². The number of sulfonamides is 1. The standard InChI is InChI=1S/C19H22N4O5S/c1-3-29(25,26)22-13-9-17(19(21-10-13)28-14-5-7-27-11-14)16-8-12(2)23(24)18-15(16)4-6-20-18/h4,6,8-10,14,22,24H,3,5,7,11H2,1-2H3. The molecule has 1 aromatic heterocycles. The minimum atomic E-state index is -3.46. The summed E-state index contributed by atoms with van der Waals surface area (Å²) in [7, 11) is -3.46. The number of pyridine rings is 2. The predicted molar refractivity (Wildman–Crippen MR) is 107 cm³/mol. The molecule has 3 aliphatic heterocycles. The van der Waals surface area contributed by atoms with Crippen molar-refractivity contribution in [3.05, 3.63) is 36.3 Å². The number of hydrogen-bond acceptors (Lipinski definition) is 7. The summed E-state index contributed by atoms with van der Waals surface area (Å²) in [5.74, 6) is 0.721. The molecule has 29 heavy (non-hydrogen) atoms. The van der Waals surface area contributed by atoms with Gasteiger partial charge >= 0.3 is 0 Å². The maximum Gasteiger partial charge on any atom is 0.232 e. The van der Waals surface area contributed by atoms with E-state index >= 15 is 0 Å². The van der Waals surface area contributed by atoms with Crippen LogP contribution in [0.25, 0.3) is 22.5 Å². The van der Waals surface area contributed by atoms with Gasteiger partial charge < -0.3 is 14.7 Å². The average Bonchev–Trinajstić information content (AvgIpc) is 3.38. The molecule has 2 N–H and O–H groups in total. The summed E-state index contributed by atoms with van der Waals surface area (Å²) < 4.78 is 39.0. The molecule has 0 amide bonds. The molecule has 9 nitrogen and oxygen atoms in total. The minimum absolute atomic E-state index is 0.0496. The smallest absolute Gasteiger partial charge is 0.232 e. The van der Waals surface area contributed by atoms with Crippen molar-refractivity contribution in [3.63, 3.8) is 0 Å². The van der Waals surface area contributed by atoms with E-state index in [1.165, 1.54) is 6.20 Å². The number of aryl methyl sites for hydroxylation is 1. The van der Waals surface area contributed by atoms with Crippen molar-refractivity contribution in [2.24, 2.45) is 0 Å². The van der Waals surface area contributed by atoms with Gasteiger partial charge in [-0.2, -0.15) is 4.73 Å². The maximum atomic E-state index is 12.0. The highest BCUT2D eigenvalue weighted by Gasteiger charge is 2.24. The third kappa shape index (κ3) is 3.85. The van der Waals surface area contributed by atoms with Crippen LogP contribution in [0.4, 0.5) is 5.69 Å². The number of fused-ring (bicyclic) bond motifs is 1. The van der Waals surface area contributed by atoms with Crippen LogP contribution >= 0.6 is 0 Å². The van der Waals surface area contributed by atoms with Gasteiger partial charge in [-0.05, 0) is 32.0 Å². The first-order valence-corrected chi connectivity index (χ1v) is 10.9. The van der Waals surface area contributed by atoms with E-state index in [1.807, 2.05) is 0 Å². The van der Waals surface area contributed by atoms with Gasteiger partial charge in [0.2, 0.25) is 15.9 Å². The number of nitrogens with one attached hydrogen (secondary N) is 1. The van der Waals surface area contributed by atoms with Crippen LogP contribution in [0.15, 0.2) is 30.6 Å². The zero-order valence-corrected chi connectivity index (χ0v) is 16.9. The van der Waals surface area contributed by atoms with Crippen LogP contribution in [-0.2, 0) is 14.8 Å².